The van der Waals surface area contributed by atoms with Gasteiger partial charge in [0, 0.05) is 19.6 Å². The van der Waals surface area contributed by atoms with Crippen molar-refractivity contribution in [2.24, 2.45) is 5.92 Å². The van der Waals surface area contributed by atoms with E-state index in [2.05, 4.69) is 5.32 Å². The molecule has 0 radical (unpaired) electrons. The Labute approximate surface area is 122 Å². The fourth-order valence-corrected chi connectivity index (χ4v) is 3.33. The van der Waals surface area contributed by atoms with Crippen LogP contribution in [0.15, 0.2) is 29.2 Å². The standard InChI is InChI=1S/C15H24N2O2S/c1-12(2)17(3)20(18,19)15-8-6-14(7-9-15)11-16-10-13-4-5-13/h6-9,12-13,16H,4-5,10-11H2,1-3H3. The molecule has 2 rings (SSSR count). The average molecular weight is 296 g/mol. The highest BCUT2D eigenvalue weighted by atomic mass is 32.2. The van der Waals surface area contributed by atoms with Crippen LogP contribution in [0.5, 0.6) is 0 Å². The highest BCUT2D eigenvalue weighted by Gasteiger charge is 2.23. The van der Waals surface area contributed by atoms with Crippen molar-refractivity contribution in [2.75, 3.05) is 13.6 Å². The molecular weight excluding hydrogens is 272 g/mol. The monoisotopic (exact) mass is 296 g/mol. The van der Waals surface area contributed by atoms with Crippen LogP contribution in [0.3, 0.4) is 0 Å². The van der Waals surface area contributed by atoms with Gasteiger partial charge in [-0.15, -0.1) is 0 Å². The Balaban J connectivity index is 1.99. The molecule has 0 unspecified atom stereocenters. The molecule has 5 heteroatoms. The molecule has 0 saturated heterocycles. The van der Waals surface area contributed by atoms with E-state index in [9.17, 15) is 8.42 Å². The van der Waals surface area contributed by atoms with Gasteiger partial charge >= 0.3 is 0 Å². The van der Waals surface area contributed by atoms with E-state index in [1.807, 2.05) is 26.0 Å². The Morgan fingerprint density at radius 3 is 2.35 bits per heavy atom. The van der Waals surface area contributed by atoms with E-state index >= 15 is 0 Å². The molecule has 0 heterocycles. The number of nitrogens with zero attached hydrogens (tertiary/aromatic N) is 1. The highest BCUT2D eigenvalue weighted by molar-refractivity contribution is 7.89. The van der Waals surface area contributed by atoms with Crippen molar-refractivity contribution in [1.82, 2.24) is 9.62 Å². The topological polar surface area (TPSA) is 49.4 Å². The summed E-state index contributed by atoms with van der Waals surface area (Å²) in [6.45, 7) is 5.61. The van der Waals surface area contributed by atoms with Crippen LogP contribution in [0, 0.1) is 5.92 Å². The summed E-state index contributed by atoms with van der Waals surface area (Å²) >= 11 is 0. The minimum Gasteiger partial charge on any atom is -0.312 e. The van der Waals surface area contributed by atoms with Crippen LogP contribution >= 0.6 is 0 Å². The van der Waals surface area contributed by atoms with Crippen LogP contribution in [0.4, 0.5) is 0 Å². The first-order chi connectivity index (χ1) is 9.41. The molecule has 1 aromatic carbocycles. The molecule has 1 N–H and O–H groups in total. The van der Waals surface area contributed by atoms with Gasteiger partial charge in [-0.3, -0.25) is 0 Å². The second-order valence-corrected chi connectivity index (χ2v) is 7.83. The number of rotatable bonds is 7. The summed E-state index contributed by atoms with van der Waals surface area (Å²) in [4.78, 5) is 0.361. The molecule has 0 spiro atoms. The Morgan fingerprint density at radius 1 is 1.25 bits per heavy atom. The molecule has 1 fully saturated rings. The van der Waals surface area contributed by atoms with Crippen LogP contribution in [0.2, 0.25) is 0 Å². The van der Waals surface area contributed by atoms with E-state index in [0.717, 1.165) is 24.6 Å². The number of sulfonamides is 1. The minimum absolute atomic E-state index is 0.0418. The molecule has 1 aromatic rings. The van der Waals surface area contributed by atoms with Crippen molar-refractivity contribution < 1.29 is 8.42 Å². The summed E-state index contributed by atoms with van der Waals surface area (Å²) in [5.41, 5.74) is 1.12. The summed E-state index contributed by atoms with van der Waals surface area (Å²) in [5, 5.41) is 3.40. The van der Waals surface area contributed by atoms with Gasteiger partial charge < -0.3 is 5.32 Å². The van der Waals surface area contributed by atoms with Crippen LogP contribution in [-0.4, -0.2) is 32.4 Å². The Bertz CT molecular complexity index is 533. The Morgan fingerprint density at radius 2 is 1.85 bits per heavy atom. The Kier molecular flexibility index (Phi) is 4.83. The first-order valence-corrected chi connectivity index (χ1v) is 8.63. The highest BCUT2D eigenvalue weighted by Crippen LogP contribution is 2.27. The minimum atomic E-state index is -3.37. The predicted molar refractivity (Wildman–Crippen MR) is 81.0 cm³/mol. The van der Waals surface area contributed by atoms with E-state index < -0.39 is 10.0 Å². The molecule has 1 aliphatic carbocycles. The maximum Gasteiger partial charge on any atom is 0.243 e. The quantitative estimate of drug-likeness (QED) is 0.839. The first kappa shape index (κ1) is 15.5. The molecular formula is C15H24N2O2S. The summed E-state index contributed by atoms with van der Waals surface area (Å²) in [6, 6.07) is 7.13. The third kappa shape index (κ3) is 3.81. The number of hydrogen-bond donors (Lipinski definition) is 1. The molecule has 1 saturated carbocycles. The number of hydrogen-bond acceptors (Lipinski definition) is 3. The lowest BCUT2D eigenvalue weighted by molar-refractivity contribution is 0.410. The molecule has 0 amide bonds. The Hall–Kier alpha value is -0.910. The van der Waals surface area contributed by atoms with Gasteiger partial charge in [-0.25, -0.2) is 8.42 Å². The summed E-state index contributed by atoms with van der Waals surface area (Å²) in [6.07, 6.45) is 2.68. The lowest BCUT2D eigenvalue weighted by atomic mass is 10.2. The molecule has 0 bridgehead atoms. The summed E-state index contributed by atoms with van der Waals surface area (Å²) in [5.74, 6) is 0.856. The molecule has 20 heavy (non-hydrogen) atoms. The smallest absolute Gasteiger partial charge is 0.243 e. The lowest BCUT2D eigenvalue weighted by Gasteiger charge is -2.21. The van der Waals surface area contributed by atoms with Gasteiger partial charge in [0.25, 0.3) is 0 Å². The second kappa shape index (κ2) is 6.24. The van der Waals surface area contributed by atoms with Crippen LogP contribution < -0.4 is 5.32 Å². The predicted octanol–water partition coefficient (Wildman–Crippen LogP) is 2.22. The maximum absolute atomic E-state index is 12.3. The van der Waals surface area contributed by atoms with Crippen molar-refractivity contribution in [3.05, 3.63) is 29.8 Å². The van der Waals surface area contributed by atoms with Crippen molar-refractivity contribution in [3.8, 4) is 0 Å². The van der Waals surface area contributed by atoms with Gasteiger partial charge in [0.05, 0.1) is 4.90 Å². The van der Waals surface area contributed by atoms with E-state index in [0.29, 0.717) is 4.90 Å². The SMILES string of the molecule is CC(C)N(C)S(=O)(=O)c1ccc(CNCC2CC2)cc1. The third-order valence-corrected chi connectivity index (χ3v) is 5.83. The van der Waals surface area contributed by atoms with Crippen molar-refractivity contribution in [3.63, 3.8) is 0 Å². The summed E-state index contributed by atoms with van der Waals surface area (Å²) in [7, 11) is -1.75. The zero-order valence-electron chi connectivity index (χ0n) is 12.5. The van der Waals surface area contributed by atoms with E-state index in [1.54, 1.807) is 19.2 Å². The summed E-state index contributed by atoms with van der Waals surface area (Å²) < 4.78 is 26.0. The first-order valence-electron chi connectivity index (χ1n) is 7.19. The van der Waals surface area contributed by atoms with Crippen molar-refractivity contribution in [2.45, 2.75) is 44.2 Å². The van der Waals surface area contributed by atoms with Crippen LogP contribution in [0.1, 0.15) is 32.3 Å². The zero-order valence-corrected chi connectivity index (χ0v) is 13.3. The lowest BCUT2D eigenvalue weighted by Crippen LogP contribution is -2.33. The van der Waals surface area contributed by atoms with Gasteiger partial charge in [0.2, 0.25) is 10.0 Å². The molecule has 1 aliphatic rings. The van der Waals surface area contributed by atoms with E-state index in [-0.39, 0.29) is 6.04 Å². The molecule has 0 atom stereocenters. The third-order valence-electron chi connectivity index (χ3n) is 3.79. The van der Waals surface area contributed by atoms with Crippen LogP contribution in [-0.2, 0) is 16.6 Å². The normalized spacial score (nSPS) is 16.1. The zero-order chi connectivity index (χ0) is 14.8. The van der Waals surface area contributed by atoms with Crippen molar-refractivity contribution >= 4 is 10.0 Å². The number of benzene rings is 1. The molecule has 112 valence electrons. The molecule has 0 aliphatic heterocycles. The molecule has 0 aromatic heterocycles. The van der Waals surface area contributed by atoms with Crippen molar-refractivity contribution in [1.29, 1.82) is 0 Å². The maximum atomic E-state index is 12.3. The fraction of sp³-hybridized carbons (Fsp3) is 0.600. The van der Waals surface area contributed by atoms with Gasteiger partial charge in [0.15, 0.2) is 0 Å². The number of nitrogens with one attached hydrogen (secondary N) is 1. The fourth-order valence-electron chi connectivity index (χ4n) is 1.97. The molecule has 4 nitrogen and oxygen atoms in total. The van der Waals surface area contributed by atoms with E-state index in [4.69, 9.17) is 0 Å². The van der Waals surface area contributed by atoms with Gasteiger partial charge in [-0.2, -0.15) is 4.31 Å². The van der Waals surface area contributed by atoms with Gasteiger partial charge in [-0.05, 0) is 56.8 Å². The van der Waals surface area contributed by atoms with Gasteiger partial charge in [0.1, 0.15) is 0 Å². The van der Waals surface area contributed by atoms with E-state index in [1.165, 1.54) is 17.1 Å². The van der Waals surface area contributed by atoms with Crippen LogP contribution in [0.25, 0.3) is 0 Å². The second-order valence-electron chi connectivity index (χ2n) is 5.83. The largest absolute Gasteiger partial charge is 0.312 e. The average Bonchev–Trinajstić information content (AvgIpc) is 3.22. The van der Waals surface area contributed by atoms with Gasteiger partial charge in [-0.1, -0.05) is 12.1 Å².